The van der Waals surface area contributed by atoms with Crippen LogP contribution in [0.15, 0.2) is 12.4 Å². The van der Waals surface area contributed by atoms with Crippen molar-refractivity contribution in [2.24, 2.45) is 5.92 Å². The van der Waals surface area contributed by atoms with E-state index in [1.54, 1.807) is 17.1 Å². The minimum absolute atomic E-state index is 0.00824. The fraction of sp³-hybridized carbons (Fsp3) is 0.692. The molecule has 106 valence electrons. The van der Waals surface area contributed by atoms with E-state index in [-0.39, 0.29) is 12.5 Å². The van der Waals surface area contributed by atoms with Crippen LogP contribution in [0.4, 0.5) is 5.69 Å². The van der Waals surface area contributed by atoms with E-state index in [1.807, 2.05) is 0 Å². The Morgan fingerprint density at radius 2 is 2.42 bits per heavy atom. The summed E-state index contributed by atoms with van der Waals surface area (Å²) >= 11 is 0. The van der Waals surface area contributed by atoms with Gasteiger partial charge in [0.1, 0.15) is 6.54 Å². The smallest absolute Gasteiger partial charge is 0.241 e. The molecule has 1 atom stereocenters. The highest BCUT2D eigenvalue weighted by molar-refractivity contribution is 5.75. The van der Waals surface area contributed by atoms with Crippen molar-refractivity contribution in [3.8, 4) is 0 Å². The summed E-state index contributed by atoms with van der Waals surface area (Å²) in [4.78, 5) is 14.2. The van der Waals surface area contributed by atoms with Crippen LogP contribution in [0.1, 0.15) is 20.3 Å². The standard InChI is InChI=1S/C13H23N5O/c1-10(2)17-4-3-11(7-17)5-15-13(19)9-18-8-12(14)6-16-18/h6,8,10-11H,3-5,7,9,14H2,1-2H3,(H,15,19). The Balaban J connectivity index is 1.70. The van der Waals surface area contributed by atoms with Gasteiger partial charge < -0.3 is 16.0 Å². The minimum atomic E-state index is -0.00824. The maximum Gasteiger partial charge on any atom is 0.241 e. The summed E-state index contributed by atoms with van der Waals surface area (Å²) < 4.78 is 1.56. The maximum absolute atomic E-state index is 11.8. The summed E-state index contributed by atoms with van der Waals surface area (Å²) in [5.74, 6) is 0.556. The topological polar surface area (TPSA) is 76.2 Å². The summed E-state index contributed by atoms with van der Waals surface area (Å²) in [6, 6.07) is 0.591. The molecule has 6 nitrogen and oxygen atoms in total. The van der Waals surface area contributed by atoms with E-state index in [1.165, 1.54) is 0 Å². The third kappa shape index (κ3) is 3.96. The molecule has 0 spiro atoms. The number of amides is 1. The number of anilines is 1. The lowest BCUT2D eigenvalue weighted by atomic mass is 10.1. The molecule has 1 unspecified atom stereocenters. The second-order valence-electron chi connectivity index (χ2n) is 5.52. The van der Waals surface area contributed by atoms with Gasteiger partial charge in [0.05, 0.1) is 11.9 Å². The van der Waals surface area contributed by atoms with E-state index in [9.17, 15) is 4.79 Å². The second-order valence-corrected chi connectivity index (χ2v) is 5.52. The number of hydrogen-bond acceptors (Lipinski definition) is 4. The highest BCUT2D eigenvalue weighted by Gasteiger charge is 2.24. The number of likely N-dealkylation sites (tertiary alicyclic amines) is 1. The lowest BCUT2D eigenvalue weighted by Crippen LogP contribution is -2.34. The molecule has 6 heteroatoms. The van der Waals surface area contributed by atoms with Crippen molar-refractivity contribution in [1.82, 2.24) is 20.0 Å². The first kappa shape index (κ1) is 13.9. The van der Waals surface area contributed by atoms with Gasteiger partial charge in [-0.2, -0.15) is 5.10 Å². The number of hydrogen-bond donors (Lipinski definition) is 2. The summed E-state index contributed by atoms with van der Waals surface area (Å²) in [6.45, 7) is 7.61. The van der Waals surface area contributed by atoms with Crippen LogP contribution in [0, 0.1) is 5.92 Å². The number of carbonyl (C=O) groups is 1. The van der Waals surface area contributed by atoms with Crippen molar-refractivity contribution in [2.45, 2.75) is 32.9 Å². The molecule has 0 aromatic carbocycles. The average molecular weight is 265 g/mol. The van der Waals surface area contributed by atoms with Crippen LogP contribution in [0.25, 0.3) is 0 Å². The van der Waals surface area contributed by atoms with Gasteiger partial charge >= 0.3 is 0 Å². The van der Waals surface area contributed by atoms with Gasteiger partial charge in [-0.15, -0.1) is 0 Å². The predicted molar refractivity (Wildman–Crippen MR) is 74.5 cm³/mol. The van der Waals surface area contributed by atoms with Gasteiger partial charge in [-0.25, -0.2) is 0 Å². The first-order chi connectivity index (χ1) is 9.04. The zero-order chi connectivity index (χ0) is 13.8. The summed E-state index contributed by atoms with van der Waals surface area (Å²) in [6.07, 6.45) is 4.37. The zero-order valence-electron chi connectivity index (χ0n) is 11.7. The summed E-state index contributed by atoms with van der Waals surface area (Å²) in [5.41, 5.74) is 6.13. The van der Waals surface area contributed by atoms with E-state index in [0.717, 1.165) is 26.1 Å². The average Bonchev–Trinajstić information content (AvgIpc) is 2.96. The molecule has 1 aromatic heterocycles. The largest absolute Gasteiger partial charge is 0.396 e. The first-order valence-electron chi connectivity index (χ1n) is 6.83. The Kier molecular flexibility index (Phi) is 4.42. The SMILES string of the molecule is CC(C)N1CCC(CNC(=O)Cn2cc(N)cn2)C1. The Bertz CT molecular complexity index is 428. The van der Waals surface area contributed by atoms with Gasteiger partial charge in [-0.05, 0) is 32.7 Å². The molecule has 2 heterocycles. The fourth-order valence-corrected chi connectivity index (χ4v) is 2.43. The number of nitrogens with one attached hydrogen (secondary N) is 1. The zero-order valence-corrected chi connectivity index (χ0v) is 11.7. The van der Waals surface area contributed by atoms with Crippen LogP contribution in [-0.4, -0.2) is 46.3 Å². The molecule has 1 fully saturated rings. The molecule has 1 aromatic rings. The summed E-state index contributed by atoms with van der Waals surface area (Å²) in [5, 5.41) is 6.97. The van der Waals surface area contributed by atoms with Crippen LogP contribution in [0.2, 0.25) is 0 Å². The van der Waals surface area contributed by atoms with E-state index >= 15 is 0 Å². The number of nitrogen functional groups attached to an aromatic ring is 1. The van der Waals surface area contributed by atoms with Crippen molar-refractivity contribution in [3.05, 3.63) is 12.4 Å². The van der Waals surface area contributed by atoms with Crippen molar-refractivity contribution >= 4 is 11.6 Å². The Morgan fingerprint density at radius 1 is 1.63 bits per heavy atom. The van der Waals surface area contributed by atoms with Crippen molar-refractivity contribution in [1.29, 1.82) is 0 Å². The molecule has 1 aliphatic rings. The number of carbonyl (C=O) groups excluding carboxylic acids is 1. The molecule has 0 bridgehead atoms. The molecule has 3 N–H and O–H groups in total. The van der Waals surface area contributed by atoms with E-state index < -0.39 is 0 Å². The Hall–Kier alpha value is -1.56. The molecule has 1 amide bonds. The van der Waals surface area contributed by atoms with Crippen LogP contribution in [0.5, 0.6) is 0 Å². The van der Waals surface area contributed by atoms with Gasteiger partial charge in [-0.3, -0.25) is 9.48 Å². The second kappa shape index (κ2) is 6.06. The number of nitrogens with two attached hydrogens (primary N) is 1. The van der Waals surface area contributed by atoms with Gasteiger partial charge in [0.2, 0.25) is 5.91 Å². The lowest BCUT2D eigenvalue weighted by Gasteiger charge is -2.20. The third-order valence-corrected chi connectivity index (χ3v) is 3.59. The quantitative estimate of drug-likeness (QED) is 0.803. The Labute approximate surface area is 113 Å². The number of nitrogens with zero attached hydrogens (tertiary/aromatic N) is 3. The molecule has 0 saturated carbocycles. The highest BCUT2D eigenvalue weighted by atomic mass is 16.2. The number of rotatable bonds is 5. The lowest BCUT2D eigenvalue weighted by molar-refractivity contribution is -0.122. The predicted octanol–water partition coefficient (Wildman–Crippen LogP) is 0.312. The van der Waals surface area contributed by atoms with E-state index in [4.69, 9.17) is 5.73 Å². The van der Waals surface area contributed by atoms with E-state index in [0.29, 0.717) is 17.6 Å². The monoisotopic (exact) mass is 265 g/mol. The fourth-order valence-electron chi connectivity index (χ4n) is 2.43. The number of aromatic nitrogens is 2. The first-order valence-corrected chi connectivity index (χ1v) is 6.83. The molecular formula is C13H23N5O. The van der Waals surface area contributed by atoms with Crippen molar-refractivity contribution in [2.75, 3.05) is 25.4 Å². The van der Waals surface area contributed by atoms with E-state index in [2.05, 4.69) is 29.2 Å². The van der Waals surface area contributed by atoms with Crippen LogP contribution in [0.3, 0.4) is 0 Å². The molecular weight excluding hydrogens is 242 g/mol. The molecule has 2 rings (SSSR count). The minimum Gasteiger partial charge on any atom is -0.396 e. The van der Waals surface area contributed by atoms with Crippen LogP contribution in [-0.2, 0) is 11.3 Å². The summed E-state index contributed by atoms with van der Waals surface area (Å²) in [7, 11) is 0. The Morgan fingerprint density at radius 3 is 3.00 bits per heavy atom. The molecule has 0 radical (unpaired) electrons. The van der Waals surface area contributed by atoms with Crippen LogP contribution < -0.4 is 11.1 Å². The van der Waals surface area contributed by atoms with Gasteiger partial charge in [0.25, 0.3) is 0 Å². The van der Waals surface area contributed by atoms with Crippen molar-refractivity contribution < 1.29 is 4.79 Å². The van der Waals surface area contributed by atoms with Gasteiger partial charge in [-0.1, -0.05) is 0 Å². The normalized spacial score (nSPS) is 20.1. The molecule has 1 aliphatic heterocycles. The van der Waals surface area contributed by atoms with Gasteiger partial charge in [0, 0.05) is 25.3 Å². The van der Waals surface area contributed by atoms with Crippen LogP contribution >= 0.6 is 0 Å². The third-order valence-electron chi connectivity index (χ3n) is 3.59. The van der Waals surface area contributed by atoms with Gasteiger partial charge in [0.15, 0.2) is 0 Å². The maximum atomic E-state index is 11.8. The molecule has 1 saturated heterocycles. The molecule has 19 heavy (non-hydrogen) atoms. The highest BCUT2D eigenvalue weighted by Crippen LogP contribution is 2.17. The molecule has 0 aliphatic carbocycles. The van der Waals surface area contributed by atoms with Crippen molar-refractivity contribution in [3.63, 3.8) is 0 Å².